The summed E-state index contributed by atoms with van der Waals surface area (Å²) < 4.78 is 13.1. The predicted molar refractivity (Wildman–Crippen MR) is 100 cm³/mol. The highest BCUT2D eigenvalue weighted by Gasteiger charge is 2.09. The van der Waals surface area contributed by atoms with E-state index in [9.17, 15) is 4.79 Å². The monoisotopic (exact) mass is 350 g/mol. The Hall–Kier alpha value is -3.08. The molecule has 0 radical (unpaired) electrons. The smallest absolute Gasteiger partial charge is 0.203 e. The zero-order valence-corrected chi connectivity index (χ0v) is 15.4. The quantitative estimate of drug-likeness (QED) is 0.488. The molecule has 134 valence electrons. The van der Waals surface area contributed by atoms with Crippen molar-refractivity contribution in [2.45, 2.75) is 27.4 Å². The third kappa shape index (κ3) is 4.30. The van der Waals surface area contributed by atoms with Gasteiger partial charge >= 0.3 is 0 Å². The summed E-state index contributed by atoms with van der Waals surface area (Å²) in [5.74, 6) is 2.01. The van der Waals surface area contributed by atoms with Crippen LogP contribution in [0.15, 0.2) is 46.9 Å². The number of nitrogens with zero attached hydrogens (tertiary/aromatic N) is 2. The minimum absolute atomic E-state index is 0.113. The highest BCUT2D eigenvalue weighted by Crippen LogP contribution is 2.19. The van der Waals surface area contributed by atoms with E-state index in [0.717, 1.165) is 22.6 Å². The lowest BCUT2D eigenvalue weighted by molar-refractivity contribution is 0.103. The molecular formula is C21H22N2O3. The number of aromatic nitrogens is 2. The number of benzene rings is 1. The number of ketones is 1. The van der Waals surface area contributed by atoms with Crippen LogP contribution >= 0.6 is 0 Å². The molecule has 0 saturated heterocycles. The van der Waals surface area contributed by atoms with Crippen LogP contribution in [0.2, 0.25) is 0 Å². The molecule has 0 bridgehead atoms. The summed E-state index contributed by atoms with van der Waals surface area (Å²) in [6.07, 6.45) is 3.15. The van der Waals surface area contributed by atoms with E-state index < -0.39 is 0 Å². The number of allylic oxidation sites excluding steroid dienone is 1. The minimum atomic E-state index is -0.113. The van der Waals surface area contributed by atoms with E-state index in [1.54, 1.807) is 23.9 Å². The molecule has 1 aromatic carbocycles. The van der Waals surface area contributed by atoms with E-state index in [1.165, 1.54) is 6.08 Å². The van der Waals surface area contributed by atoms with E-state index >= 15 is 0 Å². The largest absolute Gasteiger partial charge is 0.486 e. The van der Waals surface area contributed by atoms with Crippen molar-refractivity contribution < 1.29 is 13.9 Å². The Morgan fingerprint density at radius 2 is 1.88 bits per heavy atom. The lowest BCUT2D eigenvalue weighted by atomic mass is 10.1. The van der Waals surface area contributed by atoms with Gasteiger partial charge in [-0.3, -0.25) is 9.48 Å². The second-order valence-electron chi connectivity index (χ2n) is 6.41. The van der Waals surface area contributed by atoms with E-state index in [-0.39, 0.29) is 5.78 Å². The van der Waals surface area contributed by atoms with Gasteiger partial charge < -0.3 is 9.15 Å². The lowest BCUT2D eigenvalue weighted by Crippen LogP contribution is -2.03. The number of furan rings is 1. The molecule has 0 aliphatic carbocycles. The van der Waals surface area contributed by atoms with Crippen LogP contribution in [-0.4, -0.2) is 15.6 Å². The SMILES string of the molecule is Cc1cc(C)cc(OCc2ccc(C=CC(=O)c3cc(C)nn3C)o2)c1. The highest BCUT2D eigenvalue weighted by atomic mass is 16.5. The van der Waals surface area contributed by atoms with Gasteiger partial charge in [0.2, 0.25) is 5.78 Å². The second-order valence-corrected chi connectivity index (χ2v) is 6.41. The van der Waals surface area contributed by atoms with Crippen molar-refractivity contribution in [1.82, 2.24) is 9.78 Å². The molecule has 0 aliphatic rings. The van der Waals surface area contributed by atoms with Gasteiger partial charge in [0.05, 0.1) is 5.69 Å². The maximum atomic E-state index is 12.2. The molecule has 0 spiro atoms. The van der Waals surface area contributed by atoms with Crippen LogP contribution in [0.1, 0.15) is 38.8 Å². The van der Waals surface area contributed by atoms with Crippen LogP contribution in [0.5, 0.6) is 5.75 Å². The van der Waals surface area contributed by atoms with Gasteiger partial charge in [0.1, 0.15) is 29.6 Å². The third-order valence-corrected chi connectivity index (χ3v) is 3.91. The van der Waals surface area contributed by atoms with E-state index in [0.29, 0.717) is 23.8 Å². The van der Waals surface area contributed by atoms with Gasteiger partial charge in [-0.1, -0.05) is 6.07 Å². The Kier molecular flexibility index (Phi) is 5.07. The van der Waals surface area contributed by atoms with Gasteiger partial charge in [0, 0.05) is 7.05 Å². The first-order valence-electron chi connectivity index (χ1n) is 8.43. The zero-order valence-electron chi connectivity index (χ0n) is 15.4. The molecule has 3 rings (SSSR count). The zero-order chi connectivity index (χ0) is 18.7. The molecule has 5 heteroatoms. The van der Waals surface area contributed by atoms with E-state index in [4.69, 9.17) is 9.15 Å². The number of carbonyl (C=O) groups excluding carboxylic acids is 1. The normalized spacial score (nSPS) is 11.2. The van der Waals surface area contributed by atoms with Gasteiger partial charge in [0.15, 0.2) is 0 Å². The maximum absolute atomic E-state index is 12.2. The molecule has 26 heavy (non-hydrogen) atoms. The van der Waals surface area contributed by atoms with E-state index in [1.807, 2.05) is 45.0 Å². The summed E-state index contributed by atoms with van der Waals surface area (Å²) in [7, 11) is 1.75. The minimum Gasteiger partial charge on any atom is -0.486 e. The van der Waals surface area contributed by atoms with Crippen molar-refractivity contribution in [1.29, 1.82) is 0 Å². The lowest BCUT2D eigenvalue weighted by Gasteiger charge is -2.06. The molecule has 0 unspecified atom stereocenters. The fraction of sp³-hybridized carbons (Fsp3) is 0.238. The molecule has 0 fully saturated rings. The van der Waals surface area contributed by atoms with Gasteiger partial charge in [-0.15, -0.1) is 0 Å². The molecule has 5 nitrogen and oxygen atoms in total. The highest BCUT2D eigenvalue weighted by molar-refractivity contribution is 6.05. The molecule has 0 N–H and O–H groups in total. The molecule has 2 aromatic heterocycles. The number of aryl methyl sites for hydroxylation is 4. The van der Waals surface area contributed by atoms with Crippen LogP contribution in [-0.2, 0) is 13.7 Å². The van der Waals surface area contributed by atoms with Crippen LogP contribution in [0.4, 0.5) is 0 Å². The van der Waals surface area contributed by atoms with Crippen molar-refractivity contribution in [2.24, 2.45) is 7.05 Å². The first kappa shape index (κ1) is 17.7. The number of ether oxygens (including phenoxy) is 1. The van der Waals surface area contributed by atoms with Gasteiger partial charge in [-0.05, 0) is 74.4 Å². The van der Waals surface area contributed by atoms with Crippen LogP contribution in [0, 0.1) is 20.8 Å². The summed E-state index contributed by atoms with van der Waals surface area (Å²) >= 11 is 0. The standard InChI is InChI=1S/C21H22N2O3/c1-14-9-15(2)11-19(10-14)25-13-18-6-5-17(26-18)7-8-21(24)20-12-16(3)22-23(20)4/h5-12H,13H2,1-4H3. The Labute approximate surface area is 152 Å². The topological polar surface area (TPSA) is 57.3 Å². The number of rotatable bonds is 6. The number of hydrogen-bond acceptors (Lipinski definition) is 4. The molecule has 2 heterocycles. The molecule has 3 aromatic rings. The van der Waals surface area contributed by atoms with Gasteiger partial charge in [-0.25, -0.2) is 0 Å². The summed E-state index contributed by atoms with van der Waals surface area (Å²) in [5.41, 5.74) is 3.68. The van der Waals surface area contributed by atoms with Gasteiger partial charge in [-0.2, -0.15) is 5.10 Å². The first-order chi connectivity index (χ1) is 12.4. The van der Waals surface area contributed by atoms with Crippen LogP contribution in [0.3, 0.4) is 0 Å². The molecule has 0 saturated carbocycles. The Morgan fingerprint density at radius 3 is 2.54 bits per heavy atom. The maximum Gasteiger partial charge on any atom is 0.203 e. The Morgan fingerprint density at radius 1 is 1.15 bits per heavy atom. The van der Waals surface area contributed by atoms with Crippen LogP contribution in [0.25, 0.3) is 6.08 Å². The summed E-state index contributed by atoms with van der Waals surface area (Å²) in [6, 6.07) is 11.5. The average Bonchev–Trinajstić information content (AvgIpc) is 3.16. The van der Waals surface area contributed by atoms with Crippen molar-refractivity contribution in [3.05, 3.63) is 76.5 Å². The number of hydrogen-bond donors (Lipinski definition) is 0. The first-order valence-corrected chi connectivity index (χ1v) is 8.43. The fourth-order valence-electron chi connectivity index (χ4n) is 2.82. The summed E-state index contributed by atoms with van der Waals surface area (Å²) in [6.45, 7) is 6.27. The molecule has 0 atom stereocenters. The third-order valence-electron chi connectivity index (χ3n) is 3.91. The van der Waals surface area contributed by atoms with Crippen molar-refractivity contribution in [3.8, 4) is 5.75 Å². The van der Waals surface area contributed by atoms with Crippen molar-refractivity contribution >= 4 is 11.9 Å². The molecule has 0 amide bonds. The van der Waals surface area contributed by atoms with Crippen molar-refractivity contribution in [2.75, 3.05) is 0 Å². The summed E-state index contributed by atoms with van der Waals surface area (Å²) in [4.78, 5) is 12.2. The summed E-state index contributed by atoms with van der Waals surface area (Å²) in [5, 5.41) is 4.18. The van der Waals surface area contributed by atoms with Crippen LogP contribution < -0.4 is 4.74 Å². The van der Waals surface area contributed by atoms with E-state index in [2.05, 4.69) is 11.2 Å². The molecule has 0 aliphatic heterocycles. The Balaban J connectivity index is 1.62. The average molecular weight is 350 g/mol. The number of carbonyl (C=O) groups is 1. The fourth-order valence-corrected chi connectivity index (χ4v) is 2.82. The molecular weight excluding hydrogens is 328 g/mol. The van der Waals surface area contributed by atoms with Crippen molar-refractivity contribution in [3.63, 3.8) is 0 Å². The Bertz CT molecular complexity index is 943. The predicted octanol–water partition coefficient (Wildman–Crippen LogP) is 4.41. The van der Waals surface area contributed by atoms with Gasteiger partial charge in [0.25, 0.3) is 0 Å². The second kappa shape index (κ2) is 7.44.